The minimum atomic E-state index is 0.358. The van der Waals surface area contributed by atoms with E-state index in [0.29, 0.717) is 18.6 Å². The molecule has 0 aromatic rings. The van der Waals surface area contributed by atoms with Crippen molar-refractivity contribution in [3.8, 4) is 0 Å². The molecule has 0 bridgehead atoms. The summed E-state index contributed by atoms with van der Waals surface area (Å²) < 4.78 is 0. The number of quaternary nitrogens is 1. The van der Waals surface area contributed by atoms with Crippen LogP contribution in [-0.4, -0.2) is 30.8 Å². The molecule has 1 aliphatic carbocycles. The van der Waals surface area contributed by atoms with Gasteiger partial charge in [-0.25, -0.2) is 0 Å². The molecule has 2 nitrogen and oxygen atoms in total. The highest BCUT2D eigenvalue weighted by molar-refractivity contribution is 5.12. The average molecular weight is 236 g/mol. The topological polar surface area (TPSA) is 24.7 Å². The molecule has 3 atom stereocenters. The van der Waals surface area contributed by atoms with Gasteiger partial charge in [-0.05, 0) is 37.7 Å². The SMILES string of the molecule is C=C(C)[C@@H]1CC=C(C[NH+]2CCC[C@@H]2CO)CC1. The van der Waals surface area contributed by atoms with Gasteiger partial charge in [0, 0.05) is 12.8 Å². The second-order valence-corrected chi connectivity index (χ2v) is 5.79. The molecule has 1 unspecified atom stereocenters. The van der Waals surface area contributed by atoms with Crippen LogP contribution >= 0.6 is 0 Å². The Kier molecular flexibility index (Phi) is 4.41. The summed E-state index contributed by atoms with van der Waals surface area (Å²) in [5.74, 6) is 0.709. The first-order valence-electron chi connectivity index (χ1n) is 6.99. The van der Waals surface area contributed by atoms with E-state index in [2.05, 4.69) is 19.6 Å². The summed E-state index contributed by atoms with van der Waals surface area (Å²) in [6, 6.07) is 0.495. The number of hydrogen-bond acceptors (Lipinski definition) is 1. The molecule has 1 heterocycles. The summed E-state index contributed by atoms with van der Waals surface area (Å²) in [5, 5.41) is 9.33. The molecular formula is C15H26NO+. The Bertz CT molecular complexity index is 308. The van der Waals surface area contributed by atoms with Crippen molar-refractivity contribution in [1.82, 2.24) is 0 Å². The van der Waals surface area contributed by atoms with Crippen LogP contribution in [0.5, 0.6) is 0 Å². The maximum absolute atomic E-state index is 9.33. The predicted octanol–water partition coefficient (Wildman–Crippen LogP) is 1.33. The fourth-order valence-corrected chi connectivity index (χ4v) is 3.23. The highest BCUT2D eigenvalue weighted by Crippen LogP contribution is 2.27. The molecule has 1 fully saturated rings. The van der Waals surface area contributed by atoms with Crippen molar-refractivity contribution in [1.29, 1.82) is 0 Å². The van der Waals surface area contributed by atoms with Crippen LogP contribution in [0.15, 0.2) is 23.8 Å². The van der Waals surface area contributed by atoms with Crippen molar-refractivity contribution in [2.24, 2.45) is 5.92 Å². The zero-order chi connectivity index (χ0) is 12.3. The zero-order valence-corrected chi connectivity index (χ0v) is 11.0. The zero-order valence-electron chi connectivity index (χ0n) is 11.0. The van der Waals surface area contributed by atoms with Gasteiger partial charge in [-0.1, -0.05) is 18.2 Å². The van der Waals surface area contributed by atoms with Crippen molar-refractivity contribution in [2.75, 3.05) is 19.7 Å². The third kappa shape index (κ3) is 3.20. The van der Waals surface area contributed by atoms with Crippen LogP contribution < -0.4 is 4.90 Å². The van der Waals surface area contributed by atoms with Crippen LogP contribution in [0.1, 0.15) is 39.0 Å². The van der Waals surface area contributed by atoms with Gasteiger partial charge >= 0.3 is 0 Å². The second kappa shape index (κ2) is 5.83. The molecule has 2 heteroatoms. The summed E-state index contributed by atoms with van der Waals surface area (Å²) in [6.45, 7) is 8.98. The highest BCUT2D eigenvalue weighted by Gasteiger charge is 2.28. The quantitative estimate of drug-likeness (QED) is 0.707. The number of nitrogens with one attached hydrogen (secondary N) is 1. The number of aliphatic hydroxyl groups is 1. The molecule has 2 aliphatic rings. The van der Waals surface area contributed by atoms with Gasteiger partial charge in [0.25, 0.3) is 0 Å². The molecule has 2 rings (SSSR count). The summed E-state index contributed by atoms with van der Waals surface area (Å²) in [6.07, 6.45) is 8.61. The largest absolute Gasteiger partial charge is 0.390 e. The molecule has 2 N–H and O–H groups in total. The van der Waals surface area contributed by atoms with Crippen LogP contribution in [0.25, 0.3) is 0 Å². The van der Waals surface area contributed by atoms with E-state index in [4.69, 9.17) is 0 Å². The normalized spacial score (nSPS) is 33.5. The van der Waals surface area contributed by atoms with E-state index in [1.54, 1.807) is 10.5 Å². The van der Waals surface area contributed by atoms with Crippen LogP contribution in [0.3, 0.4) is 0 Å². The minimum Gasteiger partial charge on any atom is -0.390 e. The smallest absolute Gasteiger partial charge is 0.111 e. The van der Waals surface area contributed by atoms with Gasteiger partial charge in [0.2, 0.25) is 0 Å². The number of rotatable bonds is 4. The Hall–Kier alpha value is -0.600. The number of hydrogen-bond donors (Lipinski definition) is 2. The van der Waals surface area contributed by atoms with Gasteiger partial charge < -0.3 is 10.0 Å². The Morgan fingerprint density at radius 2 is 2.35 bits per heavy atom. The number of aliphatic hydroxyl groups excluding tert-OH is 1. The standard InChI is InChI=1S/C15H25NO/c1-12(2)14-7-5-13(6-8-14)10-16-9-3-4-15(16)11-17/h5,14-15,17H,1,3-4,6-11H2,2H3/p+1/t14-,15-/m1/s1. The third-order valence-electron chi connectivity index (χ3n) is 4.50. The van der Waals surface area contributed by atoms with Gasteiger partial charge in [0.05, 0.1) is 19.7 Å². The van der Waals surface area contributed by atoms with Crippen LogP contribution in [0, 0.1) is 5.92 Å². The molecular weight excluding hydrogens is 210 g/mol. The summed E-state index contributed by atoms with van der Waals surface area (Å²) in [5.41, 5.74) is 2.94. The Labute approximate surface area is 105 Å². The Balaban J connectivity index is 1.86. The lowest BCUT2D eigenvalue weighted by molar-refractivity contribution is -0.908. The van der Waals surface area contributed by atoms with Crippen molar-refractivity contribution in [3.63, 3.8) is 0 Å². The fourth-order valence-electron chi connectivity index (χ4n) is 3.23. The van der Waals surface area contributed by atoms with E-state index in [0.717, 1.165) is 6.54 Å². The number of allylic oxidation sites excluding steroid dienone is 2. The van der Waals surface area contributed by atoms with E-state index < -0.39 is 0 Å². The predicted molar refractivity (Wildman–Crippen MR) is 71.0 cm³/mol. The van der Waals surface area contributed by atoms with E-state index in [1.807, 2.05) is 0 Å². The Morgan fingerprint density at radius 3 is 2.94 bits per heavy atom. The maximum Gasteiger partial charge on any atom is 0.111 e. The minimum absolute atomic E-state index is 0.358. The highest BCUT2D eigenvalue weighted by atomic mass is 16.3. The lowest BCUT2D eigenvalue weighted by Gasteiger charge is -2.26. The molecule has 0 saturated carbocycles. The van der Waals surface area contributed by atoms with E-state index in [1.165, 1.54) is 44.2 Å². The average Bonchev–Trinajstić information content (AvgIpc) is 2.77. The van der Waals surface area contributed by atoms with Crippen LogP contribution in [0.4, 0.5) is 0 Å². The first-order valence-corrected chi connectivity index (χ1v) is 6.99. The van der Waals surface area contributed by atoms with Gasteiger partial charge in [-0.15, -0.1) is 0 Å². The van der Waals surface area contributed by atoms with Crippen LogP contribution in [0.2, 0.25) is 0 Å². The molecule has 1 saturated heterocycles. The Morgan fingerprint density at radius 1 is 1.53 bits per heavy atom. The van der Waals surface area contributed by atoms with Crippen molar-refractivity contribution in [2.45, 2.75) is 45.1 Å². The first kappa shape index (κ1) is 12.8. The second-order valence-electron chi connectivity index (χ2n) is 5.79. The molecule has 0 aromatic heterocycles. The molecule has 0 spiro atoms. The molecule has 0 amide bonds. The first-order chi connectivity index (χ1) is 8.20. The monoisotopic (exact) mass is 236 g/mol. The van der Waals surface area contributed by atoms with Gasteiger partial charge in [-0.2, -0.15) is 0 Å². The summed E-state index contributed by atoms with van der Waals surface area (Å²) >= 11 is 0. The molecule has 0 aromatic carbocycles. The fraction of sp³-hybridized carbons (Fsp3) is 0.733. The molecule has 96 valence electrons. The molecule has 17 heavy (non-hydrogen) atoms. The van der Waals surface area contributed by atoms with E-state index in [9.17, 15) is 5.11 Å². The molecule has 1 aliphatic heterocycles. The lowest BCUT2D eigenvalue weighted by atomic mass is 9.85. The maximum atomic E-state index is 9.33. The van der Waals surface area contributed by atoms with E-state index in [-0.39, 0.29) is 0 Å². The number of likely N-dealkylation sites (tertiary alicyclic amines) is 1. The lowest BCUT2D eigenvalue weighted by Crippen LogP contribution is -3.14. The molecule has 0 radical (unpaired) electrons. The van der Waals surface area contributed by atoms with Gasteiger partial charge in [0.15, 0.2) is 0 Å². The summed E-state index contributed by atoms with van der Waals surface area (Å²) in [4.78, 5) is 1.60. The summed E-state index contributed by atoms with van der Waals surface area (Å²) in [7, 11) is 0. The van der Waals surface area contributed by atoms with E-state index >= 15 is 0 Å². The third-order valence-corrected chi connectivity index (χ3v) is 4.50. The van der Waals surface area contributed by atoms with Crippen molar-refractivity contribution in [3.05, 3.63) is 23.8 Å². The van der Waals surface area contributed by atoms with Gasteiger partial charge in [-0.3, -0.25) is 0 Å². The van der Waals surface area contributed by atoms with Crippen molar-refractivity contribution < 1.29 is 10.0 Å². The van der Waals surface area contributed by atoms with Crippen LogP contribution in [-0.2, 0) is 0 Å². The van der Waals surface area contributed by atoms with Gasteiger partial charge in [0.1, 0.15) is 6.04 Å². The van der Waals surface area contributed by atoms with Crippen molar-refractivity contribution >= 4 is 0 Å².